The van der Waals surface area contributed by atoms with Gasteiger partial charge in [-0.1, -0.05) is 0 Å². The van der Waals surface area contributed by atoms with Crippen LogP contribution in [0, 0.1) is 6.92 Å². The highest BCUT2D eigenvalue weighted by Crippen LogP contribution is 2.17. The van der Waals surface area contributed by atoms with Crippen LogP contribution in [0.15, 0.2) is 12.1 Å². The topological polar surface area (TPSA) is 93.7 Å². The Balaban J connectivity index is 1.88. The molecule has 1 fully saturated rings. The Kier molecular flexibility index (Phi) is 6.39. The largest absolute Gasteiger partial charge is 0.471 e. The number of aryl methyl sites for hydroxylation is 1. The Morgan fingerprint density at radius 2 is 2.04 bits per heavy atom. The van der Waals surface area contributed by atoms with Crippen molar-refractivity contribution in [2.75, 3.05) is 13.1 Å². The van der Waals surface area contributed by atoms with E-state index in [1.165, 1.54) is 0 Å². The van der Waals surface area contributed by atoms with Crippen LogP contribution >= 0.6 is 0 Å². The summed E-state index contributed by atoms with van der Waals surface area (Å²) in [6, 6.07) is 2.94. The quantitative estimate of drug-likeness (QED) is 0.879. The number of hydrogen-bond acceptors (Lipinski definition) is 6. The molecule has 8 heteroatoms. The highest BCUT2D eigenvalue weighted by Gasteiger charge is 2.29. The number of alkyl carbamates (subject to hydrolysis) is 1. The van der Waals surface area contributed by atoms with Gasteiger partial charge < -0.3 is 19.7 Å². The molecular weight excluding hydrogens is 336 g/mol. The smallest absolute Gasteiger partial charge is 0.408 e. The maximum atomic E-state index is 12.6. The van der Waals surface area contributed by atoms with E-state index < -0.39 is 17.7 Å². The first-order valence-corrected chi connectivity index (χ1v) is 8.89. The fraction of sp³-hybridized carbons (Fsp3) is 0.667. The minimum Gasteiger partial charge on any atom is -0.471 e. The molecule has 1 aromatic heterocycles. The van der Waals surface area contributed by atoms with Crippen LogP contribution in [0.5, 0.6) is 5.88 Å². The van der Waals surface area contributed by atoms with Gasteiger partial charge in [-0.15, -0.1) is 5.10 Å². The molecule has 1 saturated heterocycles. The van der Waals surface area contributed by atoms with Crippen LogP contribution in [0.25, 0.3) is 0 Å². The van der Waals surface area contributed by atoms with Crippen LogP contribution < -0.4 is 10.1 Å². The Labute approximate surface area is 154 Å². The fourth-order valence-electron chi connectivity index (χ4n) is 2.67. The van der Waals surface area contributed by atoms with E-state index in [2.05, 4.69) is 15.5 Å². The SMILES string of the molecule is Cc1ccc(OC2CCCN(C(=O)C(C)NC(=O)OC(C)(C)C)C2)nn1. The lowest BCUT2D eigenvalue weighted by Gasteiger charge is -2.34. The maximum absolute atomic E-state index is 12.6. The van der Waals surface area contributed by atoms with Crippen LogP contribution in [0.2, 0.25) is 0 Å². The second kappa shape index (κ2) is 8.33. The first-order chi connectivity index (χ1) is 12.1. The van der Waals surface area contributed by atoms with E-state index in [9.17, 15) is 9.59 Å². The van der Waals surface area contributed by atoms with Crippen molar-refractivity contribution in [3.63, 3.8) is 0 Å². The van der Waals surface area contributed by atoms with Gasteiger partial charge in [0.05, 0.1) is 12.2 Å². The maximum Gasteiger partial charge on any atom is 0.408 e. The molecule has 144 valence electrons. The number of carbonyl (C=O) groups is 2. The fourth-order valence-corrected chi connectivity index (χ4v) is 2.67. The molecule has 1 aliphatic rings. The minimum absolute atomic E-state index is 0.140. The summed E-state index contributed by atoms with van der Waals surface area (Å²) in [5.74, 6) is 0.300. The van der Waals surface area contributed by atoms with Crippen molar-refractivity contribution in [2.24, 2.45) is 0 Å². The van der Waals surface area contributed by atoms with Gasteiger partial charge in [-0.2, -0.15) is 5.10 Å². The number of amides is 2. The summed E-state index contributed by atoms with van der Waals surface area (Å²) in [4.78, 5) is 26.2. The van der Waals surface area contributed by atoms with Crippen molar-refractivity contribution in [3.05, 3.63) is 17.8 Å². The third-order valence-electron chi connectivity index (χ3n) is 3.85. The molecule has 2 rings (SSSR count). The van der Waals surface area contributed by atoms with E-state index in [0.717, 1.165) is 18.5 Å². The van der Waals surface area contributed by atoms with E-state index in [-0.39, 0.29) is 12.0 Å². The monoisotopic (exact) mass is 364 g/mol. The molecule has 0 radical (unpaired) electrons. The third kappa shape index (κ3) is 6.16. The van der Waals surface area contributed by atoms with Crippen molar-refractivity contribution in [2.45, 2.75) is 65.2 Å². The van der Waals surface area contributed by atoms with Gasteiger partial charge in [-0.25, -0.2) is 4.79 Å². The standard InChI is InChI=1S/C18H28N4O4/c1-12-8-9-15(21-20-12)25-14-7-6-10-22(11-14)16(23)13(2)19-17(24)26-18(3,4)5/h8-9,13-14H,6-7,10-11H2,1-5H3,(H,19,24). The number of hydrogen-bond donors (Lipinski definition) is 1. The van der Waals surface area contributed by atoms with E-state index in [1.807, 2.05) is 13.0 Å². The summed E-state index contributed by atoms with van der Waals surface area (Å²) in [6.45, 7) is 9.94. The Bertz CT molecular complexity index is 627. The lowest BCUT2D eigenvalue weighted by atomic mass is 10.1. The van der Waals surface area contributed by atoms with Crippen LogP contribution in [0.3, 0.4) is 0 Å². The molecule has 2 heterocycles. The van der Waals surface area contributed by atoms with Crippen molar-refractivity contribution in [1.29, 1.82) is 0 Å². The first kappa shape index (κ1) is 19.9. The Morgan fingerprint density at radius 1 is 1.31 bits per heavy atom. The molecule has 8 nitrogen and oxygen atoms in total. The normalized spacial score (nSPS) is 18.8. The molecule has 0 saturated carbocycles. The third-order valence-corrected chi connectivity index (χ3v) is 3.85. The molecule has 2 unspecified atom stereocenters. The number of likely N-dealkylation sites (tertiary alicyclic amines) is 1. The highest BCUT2D eigenvalue weighted by molar-refractivity contribution is 5.85. The van der Waals surface area contributed by atoms with Gasteiger partial charge in [-0.05, 0) is 53.5 Å². The summed E-state index contributed by atoms with van der Waals surface area (Å²) in [5.41, 5.74) is 0.214. The van der Waals surface area contributed by atoms with E-state index >= 15 is 0 Å². The van der Waals surface area contributed by atoms with Gasteiger partial charge in [0.15, 0.2) is 0 Å². The number of piperidine rings is 1. The number of ether oxygens (including phenoxy) is 2. The molecule has 0 aromatic carbocycles. The zero-order valence-corrected chi connectivity index (χ0v) is 16.1. The zero-order valence-electron chi connectivity index (χ0n) is 16.1. The number of nitrogens with one attached hydrogen (secondary N) is 1. The van der Waals surface area contributed by atoms with Crippen molar-refractivity contribution < 1.29 is 19.1 Å². The van der Waals surface area contributed by atoms with Gasteiger partial charge in [0.25, 0.3) is 0 Å². The summed E-state index contributed by atoms with van der Waals surface area (Å²) >= 11 is 0. The van der Waals surface area contributed by atoms with Crippen LogP contribution in [-0.4, -0.2) is 57.9 Å². The Hall–Kier alpha value is -2.38. The predicted octanol–water partition coefficient (Wildman–Crippen LogP) is 2.07. The van der Waals surface area contributed by atoms with Crippen molar-refractivity contribution >= 4 is 12.0 Å². The number of rotatable bonds is 4. The van der Waals surface area contributed by atoms with Crippen LogP contribution in [-0.2, 0) is 9.53 Å². The molecule has 1 N–H and O–H groups in total. The second-order valence-electron chi connectivity index (χ2n) is 7.55. The average Bonchev–Trinajstić information content (AvgIpc) is 2.54. The second-order valence-corrected chi connectivity index (χ2v) is 7.55. The predicted molar refractivity (Wildman–Crippen MR) is 95.8 cm³/mol. The summed E-state index contributed by atoms with van der Waals surface area (Å²) in [5, 5.41) is 10.6. The molecule has 26 heavy (non-hydrogen) atoms. The molecule has 1 aromatic rings. The zero-order chi connectivity index (χ0) is 19.3. The first-order valence-electron chi connectivity index (χ1n) is 8.89. The van der Waals surface area contributed by atoms with Gasteiger partial charge in [-0.3, -0.25) is 4.79 Å². The molecule has 0 spiro atoms. The molecule has 1 aliphatic heterocycles. The number of carbonyl (C=O) groups excluding carboxylic acids is 2. The lowest BCUT2D eigenvalue weighted by molar-refractivity contribution is -0.135. The van der Waals surface area contributed by atoms with E-state index in [4.69, 9.17) is 9.47 Å². The highest BCUT2D eigenvalue weighted by atomic mass is 16.6. The minimum atomic E-state index is -0.664. The summed E-state index contributed by atoms with van der Waals surface area (Å²) < 4.78 is 11.0. The van der Waals surface area contributed by atoms with Gasteiger partial charge in [0, 0.05) is 12.6 Å². The van der Waals surface area contributed by atoms with Crippen LogP contribution in [0.1, 0.15) is 46.2 Å². The van der Waals surface area contributed by atoms with Crippen LogP contribution in [0.4, 0.5) is 4.79 Å². The summed E-state index contributed by atoms with van der Waals surface area (Å²) in [7, 11) is 0. The van der Waals surface area contributed by atoms with Crippen molar-refractivity contribution in [3.8, 4) is 5.88 Å². The van der Waals surface area contributed by atoms with Gasteiger partial charge in [0.2, 0.25) is 11.8 Å². The molecule has 2 atom stereocenters. The van der Waals surface area contributed by atoms with E-state index in [1.54, 1.807) is 38.7 Å². The number of nitrogens with zero attached hydrogens (tertiary/aromatic N) is 3. The average molecular weight is 364 g/mol. The summed E-state index contributed by atoms with van der Waals surface area (Å²) in [6.07, 6.45) is 0.929. The number of aromatic nitrogens is 2. The van der Waals surface area contributed by atoms with E-state index in [0.29, 0.717) is 19.0 Å². The lowest BCUT2D eigenvalue weighted by Crippen LogP contribution is -2.52. The van der Waals surface area contributed by atoms with Gasteiger partial charge in [0.1, 0.15) is 17.7 Å². The molecule has 0 bridgehead atoms. The van der Waals surface area contributed by atoms with Gasteiger partial charge >= 0.3 is 6.09 Å². The van der Waals surface area contributed by atoms with Crippen molar-refractivity contribution in [1.82, 2.24) is 20.4 Å². The molecule has 2 amide bonds. The molecular formula is C18H28N4O4. The Morgan fingerprint density at radius 3 is 2.65 bits per heavy atom. The molecule has 0 aliphatic carbocycles.